The largest absolute Gasteiger partial charge is 0.367 e. The number of halogens is 1. The standard InChI is InChI=1S/C12H15ClN4/c1-17-4-2-10(3-5-17)15-12-7-9(8-14)6-11(13)16-12/h6-7,10H,2-5H2,1H3,(H,15,16). The Hall–Kier alpha value is -1.31. The first-order valence-electron chi connectivity index (χ1n) is 5.70. The van der Waals surface area contributed by atoms with E-state index in [9.17, 15) is 0 Å². The highest BCUT2D eigenvalue weighted by molar-refractivity contribution is 6.29. The molecule has 2 rings (SSSR count). The molecule has 0 aliphatic carbocycles. The minimum atomic E-state index is 0.361. The third-order valence-corrected chi connectivity index (χ3v) is 3.19. The van der Waals surface area contributed by atoms with Crippen molar-refractivity contribution in [2.24, 2.45) is 0 Å². The lowest BCUT2D eigenvalue weighted by atomic mass is 10.1. The van der Waals surface area contributed by atoms with Crippen molar-refractivity contribution in [1.29, 1.82) is 5.26 Å². The van der Waals surface area contributed by atoms with Gasteiger partial charge in [-0.25, -0.2) is 4.98 Å². The topological polar surface area (TPSA) is 52.0 Å². The van der Waals surface area contributed by atoms with Crippen molar-refractivity contribution in [3.8, 4) is 6.07 Å². The molecule has 1 aromatic rings. The lowest BCUT2D eigenvalue weighted by Crippen LogP contribution is -2.36. The lowest BCUT2D eigenvalue weighted by molar-refractivity contribution is 0.263. The summed E-state index contributed by atoms with van der Waals surface area (Å²) in [6.07, 6.45) is 2.18. The maximum absolute atomic E-state index is 8.86. The maximum Gasteiger partial charge on any atom is 0.132 e. The summed E-state index contributed by atoms with van der Waals surface area (Å²) in [7, 11) is 2.13. The van der Waals surface area contributed by atoms with Crippen LogP contribution in [-0.2, 0) is 0 Å². The number of nitrogens with zero attached hydrogens (tertiary/aromatic N) is 3. The number of rotatable bonds is 2. The van der Waals surface area contributed by atoms with Crippen LogP contribution in [0.15, 0.2) is 12.1 Å². The van der Waals surface area contributed by atoms with Crippen molar-refractivity contribution in [2.75, 3.05) is 25.5 Å². The van der Waals surface area contributed by atoms with Crippen LogP contribution < -0.4 is 5.32 Å². The molecule has 2 heterocycles. The van der Waals surface area contributed by atoms with E-state index in [0.717, 1.165) is 25.9 Å². The molecule has 0 spiro atoms. The highest BCUT2D eigenvalue weighted by Gasteiger charge is 2.16. The van der Waals surface area contributed by atoms with Crippen LogP contribution in [0.2, 0.25) is 5.15 Å². The zero-order chi connectivity index (χ0) is 12.3. The molecule has 1 aromatic heterocycles. The van der Waals surface area contributed by atoms with Gasteiger partial charge in [0.1, 0.15) is 11.0 Å². The zero-order valence-corrected chi connectivity index (χ0v) is 10.5. The van der Waals surface area contributed by atoms with Gasteiger partial charge < -0.3 is 10.2 Å². The summed E-state index contributed by atoms with van der Waals surface area (Å²) in [6, 6.07) is 5.81. The molecule has 0 atom stereocenters. The monoisotopic (exact) mass is 250 g/mol. The molecule has 0 amide bonds. The maximum atomic E-state index is 8.86. The molecule has 1 N–H and O–H groups in total. The Morgan fingerprint density at radius 1 is 1.47 bits per heavy atom. The average molecular weight is 251 g/mol. The minimum absolute atomic E-state index is 0.361. The van der Waals surface area contributed by atoms with E-state index >= 15 is 0 Å². The number of nitrogens with one attached hydrogen (secondary N) is 1. The number of likely N-dealkylation sites (tertiary alicyclic amines) is 1. The summed E-state index contributed by atoms with van der Waals surface area (Å²) in [5.41, 5.74) is 0.542. The predicted molar refractivity (Wildman–Crippen MR) is 68.1 cm³/mol. The van der Waals surface area contributed by atoms with Crippen LogP contribution in [0.25, 0.3) is 0 Å². The van der Waals surface area contributed by atoms with Crippen molar-refractivity contribution in [3.63, 3.8) is 0 Å². The second-order valence-electron chi connectivity index (χ2n) is 4.40. The summed E-state index contributed by atoms with van der Waals surface area (Å²) in [6.45, 7) is 2.17. The summed E-state index contributed by atoms with van der Waals surface area (Å²) in [4.78, 5) is 6.49. The Labute approximate surface area is 106 Å². The van der Waals surface area contributed by atoms with E-state index in [2.05, 4.69) is 28.3 Å². The number of nitriles is 1. The molecular weight excluding hydrogens is 236 g/mol. The number of pyridine rings is 1. The van der Waals surface area contributed by atoms with Crippen LogP contribution in [0.4, 0.5) is 5.82 Å². The fourth-order valence-electron chi connectivity index (χ4n) is 2.00. The average Bonchev–Trinajstić information content (AvgIpc) is 2.31. The van der Waals surface area contributed by atoms with Crippen molar-refractivity contribution >= 4 is 17.4 Å². The molecule has 1 fully saturated rings. The van der Waals surface area contributed by atoms with Crippen molar-refractivity contribution < 1.29 is 0 Å². The third-order valence-electron chi connectivity index (χ3n) is 2.99. The quantitative estimate of drug-likeness (QED) is 0.817. The minimum Gasteiger partial charge on any atom is -0.367 e. The molecule has 17 heavy (non-hydrogen) atoms. The second-order valence-corrected chi connectivity index (χ2v) is 4.78. The molecular formula is C12H15ClN4. The third kappa shape index (κ3) is 3.32. The number of hydrogen-bond donors (Lipinski definition) is 1. The Morgan fingerprint density at radius 3 is 2.82 bits per heavy atom. The van der Waals surface area contributed by atoms with Gasteiger partial charge in [0.15, 0.2) is 0 Å². The van der Waals surface area contributed by atoms with E-state index in [1.807, 2.05) is 0 Å². The molecule has 1 saturated heterocycles. The van der Waals surface area contributed by atoms with Crippen LogP contribution in [0.5, 0.6) is 0 Å². The molecule has 4 nitrogen and oxygen atoms in total. The molecule has 0 aromatic carbocycles. The smallest absolute Gasteiger partial charge is 0.132 e. The Balaban J connectivity index is 2.03. The lowest BCUT2D eigenvalue weighted by Gasteiger charge is -2.29. The fourth-order valence-corrected chi connectivity index (χ4v) is 2.21. The molecule has 0 bridgehead atoms. The molecule has 5 heteroatoms. The predicted octanol–water partition coefficient (Wildman–Crippen LogP) is 2.11. The summed E-state index contributed by atoms with van der Waals surface area (Å²) in [5, 5.41) is 12.6. The molecule has 0 radical (unpaired) electrons. The van der Waals surface area contributed by atoms with Gasteiger partial charge in [-0.3, -0.25) is 0 Å². The highest BCUT2D eigenvalue weighted by atomic mass is 35.5. The summed E-state index contributed by atoms with van der Waals surface area (Å²) in [5.74, 6) is 0.698. The van der Waals surface area contributed by atoms with Gasteiger partial charge in [-0.1, -0.05) is 11.6 Å². The van der Waals surface area contributed by atoms with E-state index < -0.39 is 0 Å². The van der Waals surface area contributed by atoms with Gasteiger partial charge in [-0.05, 0) is 45.1 Å². The van der Waals surface area contributed by atoms with Crippen LogP contribution in [0.1, 0.15) is 18.4 Å². The Kier molecular flexibility index (Phi) is 3.82. The fraction of sp³-hybridized carbons (Fsp3) is 0.500. The van der Waals surface area contributed by atoms with Crippen molar-refractivity contribution in [1.82, 2.24) is 9.88 Å². The van der Waals surface area contributed by atoms with E-state index in [1.165, 1.54) is 0 Å². The van der Waals surface area contributed by atoms with Gasteiger partial charge in [-0.15, -0.1) is 0 Å². The number of piperidine rings is 1. The zero-order valence-electron chi connectivity index (χ0n) is 9.78. The van der Waals surface area contributed by atoms with Crippen molar-refractivity contribution in [2.45, 2.75) is 18.9 Å². The highest BCUT2D eigenvalue weighted by Crippen LogP contribution is 2.18. The first kappa shape index (κ1) is 12.2. The number of aromatic nitrogens is 1. The Bertz CT molecular complexity index is 433. The Morgan fingerprint density at radius 2 is 2.18 bits per heavy atom. The number of anilines is 1. The van der Waals surface area contributed by atoms with Crippen molar-refractivity contribution in [3.05, 3.63) is 22.8 Å². The van der Waals surface area contributed by atoms with Crippen LogP contribution in [-0.4, -0.2) is 36.1 Å². The number of hydrogen-bond acceptors (Lipinski definition) is 4. The second kappa shape index (κ2) is 5.35. The summed E-state index contributed by atoms with van der Waals surface area (Å²) < 4.78 is 0. The van der Waals surface area contributed by atoms with Crippen LogP contribution in [0, 0.1) is 11.3 Å². The van der Waals surface area contributed by atoms with E-state index in [4.69, 9.17) is 16.9 Å². The van der Waals surface area contributed by atoms with Gasteiger partial charge in [0.05, 0.1) is 11.6 Å². The molecule has 1 aliphatic rings. The van der Waals surface area contributed by atoms with Gasteiger partial charge >= 0.3 is 0 Å². The van der Waals surface area contributed by atoms with Gasteiger partial charge in [0.2, 0.25) is 0 Å². The molecule has 1 aliphatic heterocycles. The van der Waals surface area contributed by atoms with Crippen LogP contribution >= 0.6 is 11.6 Å². The van der Waals surface area contributed by atoms with Crippen LogP contribution in [0.3, 0.4) is 0 Å². The van der Waals surface area contributed by atoms with Gasteiger partial charge in [0.25, 0.3) is 0 Å². The van der Waals surface area contributed by atoms with Gasteiger partial charge in [0, 0.05) is 6.04 Å². The van der Waals surface area contributed by atoms with E-state index in [1.54, 1.807) is 12.1 Å². The summed E-state index contributed by atoms with van der Waals surface area (Å²) >= 11 is 5.86. The SMILES string of the molecule is CN1CCC(Nc2cc(C#N)cc(Cl)n2)CC1. The van der Waals surface area contributed by atoms with E-state index in [-0.39, 0.29) is 0 Å². The van der Waals surface area contributed by atoms with E-state index in [0.29, 0.717) is 22.6 Å². The van der Waals surface area contributed by atoms with Gasteiger partial charge in [-0.2, -0.15) is 5.26 Å². The molecule has 90 valence electrons. The first-order chi connectivity index (χ1) is 8.17. The normalized spacial score (nSPS) is 17.7. The molecule has 0 saturated carbocycles. The molecule has 0 unspecified atom stereocenters. The first-order valence-corrected chi connectivity index (χ1v) is 6.08.